The summed E-state index contributed by atoms with van der Waals surface area (Å²) in [6, 6.07) is 4.02. The largest absolute Gasteiger partial charge is 0.354 e. The zero-order chi connectivity index (χ0) is 18.9. The molecule has 0 radical (unpaired) electrons. The number of rotatable bonds is 5. The molecule has 0 N–H and O–H groups in total. The SMILES string of the molecule is CC(C)N(C(C)C)S(=O)(=O)c1ccc(N2CCN3CCCCC3C2)nc1. The molecule has 1 aromatic heterocycles. The van der Waals surface area contributed by atoms with Gasteiger partial charge in [-0.1, -0.05) is 6.42 Å². The highest BCUT2D eigenvalue weighted by atomic mass is 32.2. The Morgan fingerprint density at radius 2 is 1.81 bits per heavy atom. The van der Waals surface area contributed by atoms with E-state index in [1.165, 1.54) is 32.0 Å². The van der Waals surface area contributed by atoms with Gasteiger partial charge in [0, 0.05) is 44.0 Å². The van der Waals surface area contributed by atoms with Gasteiger partial charge in [0.2, 0.25) is 10.0 Å². The second-order valence-electron chi connectivity index (χ2n) is 8.01. The zero-order valence-corrected chi connectivity index (χ0v) is 17.2. The van der Waals surface area contributed by atoms with Gasteiger partial charge in [0.1, 0.15) is 10.7 Å². The molecule has 2 aliphatic rings. The highest BCUT2D eigenvalue weighted by Gasteiger charge is 2.31. The second-order valence-corrected chi connectivity index (χ2v) is 9.85. The van der Waals surface area contributed by atoms with Crippen molar-refractivity contribution in [1.82, 2.24) is 14.2 Å². The number of nitrogens with zero attached hydrogens (tertiary/aromatic N) is 4. The fraction of sp³-hybridized carbons (Fsp3) is 0.737. The molecular formula is C19H32N4O2S. The van der Waals surface area contributed by atoms with E-state index in [1.807, 2.05) is 33.8 Å². The molecule has 1 unspecified atom stereocenters. The van der Waals surface area contributed by atoms with Crippen LogP contribution in [0.1, 0.15) is 47.0 Å². The number of piperazine rings is 1. The molecule has 146 valence electrons. The highest BCUT2D eigenvalue weighted by molar-refractivity contribution is 7.89. The maximum atomic E-state index is 13.0. The van der Waals surface area contributed by atoms with Crippen LogP contribution in [0.25, 0.3) is 0 Å². The van der Waals surface area contributed by atoms with Gasteiger partial charge in [-0.05, 0) is 59.2 Å². The van der Waals surface area contributed by atoms with E-state index in [1.54, 1.807) is 10.4 Å². The van der Waals surface area contributed by atoms with Crippen molar-refractivity contribution in [2.24, 2.45) is 0 Å². The second kappa shape index (κ2) is 7.82. The summed E-state index contributed by atoms with van der Waals surface area (Å²) in [5, 5.41) is 0. The monoisotopic (exact) mass is 380 g/mol. The number of hydrogen-bond donors (Lipinski definition) is 0. The molecule has 1 atom stereocenters. The predicted octanol–water partition coefficient (Wildman–Crippen LogP) is 2.56. The summed E-state index contributed by atoms with van der Waals surface area (Å²) in [6.07, 6.45) is 5.39. The van der Waals surface area contributed by atoms with Crippen LogP contribution >= 0.6 is 0 Å². The standard InChI is InChI=1S/C19H32N4O2S/c1-15(2)23(16(3)4)26(24,25)18-8-9-19(20-13-18)22-12-11-21-10-6-5-7-17(21)14-22/h8-9,13,15-17H,5-7,10-12,14H2,1-4H3. The van der Waals surface area contributed by atoms with Gasteiger partial charge in [-0.15, -0.1) is 0 Å². The molecule has 2 fully saturated rings. The third-order valence-corrected chi connectivity index (χ3v) is 7.71. The average Bonchev–Trinajstić information content (AvgIpc) is 2.60. The molecular weight excluding hydrogens is 348 g/mol. The fourth-order valence-electron chi connectivity index (χ4n) is 4.35. The first kappa shape index (κ1) is 19.6. The van der Waals surface area contributed by atoms with Gasteiger partial charge >= 0.3 is 0 Å². The number of hydrogen-bond acceptors (Lipinski definition) is 5. The van der Waals surface area contributed by atoms with E-state index in [4.69, 9.17) is 0 Å². The topological polar surface area (TPSA) is 56.8 Å². The van der Waals surface area contributed by atoms with E-state index >= 15 is 0 Å². The van der Waals surface area contributed by atoms with Crippen LogP contribution in [0, 0.1) is 0 Å². The van der Waals surface area contributed by atoms with Crippen molar-refractivity contribution in [1.29, 1.82) is 0 Å². The van der Waals surface area contributed by atoms with Crippen LogP contribution in [0.15, 0.2) is 23.2 Å². The van der Waals surface area contributed by atoms with Gasteiger partial charge in [0.15, 0.2) is 0 Å². The molecule has 6 nitrogen and oxygen atoms in total. The van der Waals surface area contributed by atoms with Gasteiger partial charge in [-0.2, -0.15) is 4.31 Å². The first-order chi connectivity index (χ1) is 12.3. The number of pyridine rings is 1. The predicted molar refractivity (Wildman–Crippen MR) is 105 cm³/mol. The number of sulfonamides is 1. The van der Waals surface area contributed by atoms with E-state index in [0.717, 1.165) is 25.5 Å². The lowest BCUT2D eigenvalue weighted by Gasteiger charge is -2.44. The van der Waals surface area contributed by atoms with E-state index < -0.39 is 10.0 Å². The molecule has 26 heavy (non-hydrogen) atoms. The smallest absolute Gasteiger partial charge is 0.245 e. The molecule has 3 heterocycles. The lowest BCUT2D eigenvalue weighted by atomic mass is 9.99. The van der Waals surface area contributed by atoms with Crippen LogP contribution < -0.4 is 4.90 Å². The Labute approximate surface area is 158 Å². The Kier molecular flexibility index (Phi) is 5.89. The summed E-state index contributed by atoms with van der Waals surface area (Å²) in [4.78, 5) is 9.67. The van der Waals surface area contributed by atoms with Crippen LogP contribution in [0.3, 0.4) is 0 Å². The summed E-state index contributed by atoms with van der Waals surface area (Å²) in [7, 11) is -3.52. The van der Waals surface area contributed by atoms with Gasteiger partial charge in [0.25, 0.3) is 0 Å². The summed E-state index contributed by atoms with van der Waals surface area (Å²) < 4.78 is 27.5. The van der Waals surface area contributed by atoms with Crippen LogP contribution in [-0.2, 0) is 10.0 Å². The molecule has 0 saturated carbocycles. The molecule has 0 bridgehead atoms. The lowest BCUT2D eigenvalue weighted by Crippen LogP contribution is -2.55. The third-order valence-electron chi connectivity index (χ3n) is 5.48. The minimum Gasteiger partial charge on any atom is -0.354 e. The zero-order valence-electron chi connectivity index (χ0n) is 16.4. The van der Waals surface area contributed by atoms with E-state index in [2.05, 4.69) is 14.8 Å². The molecule has 0 amide bonds. The molecule has 2 saturated heterocycles. The Morgan fingerprint density at radius 3 is 2.42 bits per heavy atom. The first-order valence-electron chi connectivity index (χ1n) is 9.79. The molecule has 0 aliphatic carbocycles. The lowest BCUT2D eigenvalue weighted by molar-refractivity contribution is 0.133. The molecule has 3 rings (SSSR count). The van der Waals surface area contributed by atoms with Crippen LogP contribution in [0.2, 0.25) is 0 Å². The fourth-order valence-corrected chi connectivity index (χ4v) is 6.13. The molecule has 0 spiro atoms. The van der Waals surface area contributed by atoms with Gasteiger partial charge in [-0.3, -0.25) is 4.90 Å². The number of anilines is 1. The number of fused-ring (bicyclic) bond motifs is 1. The van der Waals surface area contributed by atoms with Gasteiger partial charge in [0.05, 0.1) is 0 Å². The maximum absolute atomic E-state index is 13.0. The van der Waals surface area contributed by atoms with Crippen LogP contribution in [0.4, 0.5) is 5.82 Å². The highest BCUT2D eigenvalue weighted by Crippen LogP contribution is 2.26. The third kappa shape index (κ3) is 3.89. The van der Waals surface area contributed by atoms with Crippen molar-refractivity contribution in [3.05, 3.63) is 18.3 Å². The first-order valence-corrected chi connectivity index (χ1v) is 11.2. The quantitative estimate of drug-likeness (QED) is 0.786. The summed E-state index contributed by atoms with van der Waals surface area (Å²) in [5.74, 6) is 0.884. The Bertz CT molecular complexity index is 695. The summed E-state index contributed by atoms with van der Waals surface area (Å²) in [6.45, 7) is 11.9. The molecule has 2 aliphatic heterocycles. The minimum absolute atomic E-state index is 0.0842. The molecule has 7 heteroatoms. The van der Waals surface area contributed by atoms with Crippen molar-refractivity contribution in [3.63, 3.8) is 0 Å². The number of piperidine rings is 1. The van der Waals surface area contributed by atoms with E-state index in [-0.39, 0.29) is 17.0 Å². The van der Waals surface area contributed by atoms with Crippen molar-refractivity contribution in [2.45, 2.75) is 70.0 Å². The summed E-state index contributed by atoms with van der Waals surface area (Å²) >= 11 is 0. The maximum Gasteiger partial charge on any atom is 0.245 e. The summed E-state index contributed by atoms with van der Waals surface area (Å²) in [5.41, 5.74) is 0. The Morgan fingerprint density at radius 1 is 1.08 bits per heavy atom. The Balaban J connectivity index is 1.76. The van der Waals surface area contributed by atoms with Crippen molar-refractivity contribution in [2.75, 3.05) is 31.1 Å². The van der Waals surface area contributed by atoms with E-state index in [9.17, 15) is 8.42 Å². The van der Waals surface area contributed by atoms with Crippen LogP contribution in [0.5, 0.6) is 0 Å². The van der Waals surface area contributed by atoms with Crippen LogP contribution in [-0.4, -0.2) is 66.9 Å². The average molecular weight is 381 g/mol. The molecule has 1 aromatic rings. The normalized spacial score (nSPS) is 22.3. The Hall–Kier alpha value is -1.18. The van der Waals surface area contributed by atoms with Gasteiger partial charge in [-0.25, -0.2) is 13.4 Å². The van der Waals surface area contributed by atoms with Crippen molar-refractivity contribution < 1.29 is 8.42 Å². The number of aromatic nitrogens is 1. The van der Waals surface area contributed by atoms with Gasteiger partial charge < -0.3 is 4.90 Å². The van der Waals surface area contributed by atoms with Crippen molar-refractivity contribution >= 4 is 15.8 Å². The van der Waals surface area contributed by atoms with Crippen molar-refractivity contribution in [3.8, 4) is 0 Å². The molecule has 0 aromatic carbocycles. The minimum atomic E-state index is -3.52. The van der Waals surface area contributed by atoms with E-state index in [0.29, 0.717) is 6.04 Å².